The molecule has 0 unspecified atom stereocenters. The summed E-state index contributed by atoms with van der Waals surface area (Å²) in [5.74, 6) is 0.877. The number of fused-ring (bicyclic) bond motifs is 1. The average Bonchev–Trinajstić information content (AvgIpc) is 3.15. The van der Waals surface area contributed by atoms with E-state index < -0.39 is 0 Å². The molecule has 0 bridgehead atoms. The summed E-state index contributed by atoms with van der Waals surface area (Å²) in [5.41, 5.74) is 1.27. The third kappa shape index (κ3) is 7.44. The van der Waals surface area contributed by atoms with E-state index in [2.05, 4.69) is 21.8 Å². The largest absolute Gasteiger partial charge is 0.357 e. The Labute approximate surface area is 195 Å². The topological polar surface area (TPSA) is 68.2 Å². The minimum Gasteiger partial charge on any atom is -0.357 e. The van der Waals surface area contributed by atoms with E-state index in [0.29, 0.717) is 45.1 Å². The Kier molecular flexibility index (Phi) is 11.6. The van der Waals surface area contributed by atoms with Crippen molar-refractivity contribution < 1.29 is 9.59 Å². The molecule has 0 aromatic carbocycles. The van der Waals surface area contributed by atoms with E-state index in [1.54, 1.807) is 16.2 Å². The molecule has 0 spiro atoms. The molecule has 0 saturated carbocycles. The molecule has 1 aromatic rings. The molecular weight excluding hydrogens is 501 g/mol. The minimum absolute atomic E-state index is 0. The number of hydrogen-bond acceptors (Lipinski definition) is 4. The Bertz CT molecular complexity index is 690. The zero-order valence-electron chi connectivity index (χ0n) is 17.9. The maximum absolute atomic E-state index is 12.5. The first-order chi connectivity index (χ1) is 13.5. The highest BCUT2D eigenvalue weighted by molar-refractivity contribution is 14.0. The second-order valence-electron chi connectivity index (χ2n) is 6.84. The molecule has 0 atom stereocenters. The molecule has 1 aliphatic rings. The van der Waals surface area contributed by atoms with Gasteiger partial charge >= 0.3 is 0 Å². The van der Waals surface area contributed by atoms with E-state index in [1.807, 2.05) is 37.6 Å². The monoisotopic (exact) mass is 535 g/mol. The fourth-order valence-corrected chi connectivity index (χ4v) is 4.19. The number of rotatable bonds is 8. The fourth-order valence-electron chi connectivity index (χ4n) is 3.30. The van der Waals surface area contributed by atoms with Gasteiger partial charge in [0.25, 0.3) is 0 Å². The van der Waals surface area contributed by atoms with E-state index in [1.165, 1.54) is 10.4 Å². The van der Waals surface area contributed by atoms with E-state index in [-0.39, 0.29) is 42.3 Å². The van der Waals surface area contributed by atoms with Crippen molar-refractivity contribution in [1.29, 1.82) is 0 Å². The van der Waals surface area contributed by atoms with Gasteiger partial charge in [0.1, 0.15) is 0 Å². The van der Waals surface area contributed by atoms with Crippen LogP contribution in [0.2, 0.25) is 0 Å². The molecule has 2 heterocycles. The van der Waals surface area contributed by atoms with E-state index in [9.17, 15) is 9.59 Å². The van der Waals surface area contributed by atoms with Gasteiger partial charge in [0, 0.05) is 51.1 Å². The maximum atomic E-state index is 12.5. The third-order valence-electron chi connectivity index (χ3n) is 4.93. The highest BCUT2D eigenvalue weighted by Gasteiger charge is 2.21. The first-order valence-electron chi connectivity index (χ1n) is 10.1. The Morgan fingerprint density at radius 1 is 1.28 bits per heavy atom. The second-order valence-corrected chi connectivity index (χ2v) is 7.84. The van der Waals surface area contributed by atoms with Crippen LogP contribution in [0.3, 0.4) is 0 Å². The summed E-state index contributed by atoms with van der Waals surface area (Å²) in [6.45, 7) is 10.2. The Hall–Kier alpha value is -1.36. The maximum Gasteiger partial charge on any atom is 0.242 e. The van der Waals surface area contributed by atoms with Crippen molar-refractivity contribution in [3.8, 4) is 0 Å². The molecule has 9 heteroatoms. The van der Waals surface area contributed by atoms with Crippen molar-refractivity contribution in [3.63, 3.8) is 0 Å². The van der Waals surface area contributed by atoms with E-state index in [4.69, 9.17) is 0 Å². The van der Waals surface area contributed by atoms with Crippen molar-refractivity contribution in [2.45, 2.75) is 40.2 Å². The zero-order chi connectivity index (χ0) is 20.5. The summed E-state index contributed by atoms with van der Waals surface area (Å²) < 4.78 is 0. The van der Waals surface area contributed by atoms with Crippen LogP contribution in [0.25, 0.3) is 0 Å². The van der Waals surface area contributed by atoms with Gasteiger partial charge < -0.3 is 20.0 Å². The summed E-state index contributed by atoms with van der Waals surface area (Å²) in [4.78, 5) is 36.4. The first kappa shape index (κ1) is 25.7. The van der Waals surface area contributed by atoms with Gasteiger partial charge in [-0.25, -0.2) is 0 Å². The van der Waals surface area contributed by atoms with Crippen molar-refractivity contribution in [2.75, 3.05) is 46.3 Å². The molecule has 29 heavy (non-hydrogen) atoms. The number of thiophene rings is 1. The SMILES string of the molecule is CCNC(=NCCC(=O)N1CCc2sccc2C1)N(C)CC(=O)N(CC)CC.I. The summed E-state index contributed by atoms with van der Waals surface area (Å²) in [6.07, 6.45) is 1.33. The molecule has 0 fully saturated rings. The smallest absolute Gasteiger partial charge is 0.242 e. The van der Waals surface area contributed by atoms with Crippen LogP contribution in [0.15, 0.2) is 16.4 Å². The number of hydrogen-bond donors (Lipinski definition) is 1. The van der Waals surface area contributed by atoms with Crippen LogP contribution < -0.4 is 5.32 Å². The van der Waals surface area contributed by atoms with Gasteiger partial charge in [0.15, 0.2) is 5.96 Å². The quantitative estimate of drug-likeness (QED) is 0.316. The summed E-state index contributed by atoms with van der Waals surface area (Å²) in [7, 11) is 1.85. The number of aliphatic imine (C=N–C) groups is 1. The highest BCUT2D eigenvalue weighted by atomic mass is 127. The number of carbonyl (C=O) groups is 2. The number of guanidine groups is 1. The molecule has 1 aromatic heterocycles. The molecular formula is C20H34IN5O2S. The van der Waals surface area contributed by atoms with E-state index in [0.717, 1.165) is 13.0 Å². The molecule has 1 N–H and O–H groups in total. The Morgan fingerprint density at radius 2 is 2.00 bits per heavy atom. The zero-order valence-corrected chi connectivity index (χ0v) is 21.1. The molecule has 7 nitrogen and oxygen atoms in total. The van der Waals surface area contributed by atoms with Crippen molar-refractivity contribution >= 4 is 53.1 Å². The summed E-state index contributed by atoms with van der Waals surface area (Å²) in [5, 5.41) is 5.31. The van der Waals surface area contributed by atoms with Gasteiger partial charge in [-0.2, -0.15) is 0 Å². The second kappa shape index (κ2) is 13.0. The van der Waals surface area contributed by atoms with Crippen LogP contribution in [0.5, 0.6) is 0 Å². The number of carbonyl (C=O) groups excluding carboxylic acids is 2. The molecule has 2 rings (SSSR count). The van der Waals surface area contributed by atoms with Crippen molar-refractivity contribution in [1.82, 2.24) is 20.0 Å². The molecule has 0 saturated heterocycles. The van der Waals surface area contributed by atoms with Crippen molar-refractivity contribution in [3.05, 3.63) is 21.9 Å². The number of halogens is 1. The summed E-state index contributed by atoms with van der Waals surface area (Å²) >= 11 is 1.77. The van der Waals surface area contributed by atoms with Gasteiger partial charge in [-0.15, -0.1) is 35.3 Å². The van der Waals surface area contributed by atoms with Crippen LogP contribution in [0.4, 0.5) is 0 Å². The molecule has 2 amide bonds. The van der Waals surface area contributed by atoms with Crippen molar-refractivity contribution in [2.24, 2.45) is 4.99 Å². The molecule has 164 valence electrons. The lowest BCUT2D eigenvalue weighted by molar-refractivity contribution is -0.132. The van der Waals surface area contributed by atoms with Crippen LogP contribution in [-0.2, 0) is 22.6 Å². The molecule has 0 radical (unpaired) electrons. The molecule has 0 aliphatic carbocycles. The number of likely N-dealkylation sites (N-methyl/N-ethyl adjacent to an activating group) is 2. The standard InChI is InChI=1S/C20H33N5O2S.HI/c1-5-21-20(23(4)15-19(27)24(6-2)7-3)22-11-8-18(26)25-12-9-17-16(14-25)10-13-28-17;/h10,13H,5-9,11-12,14-15H2,1-4H3,(H,21,22);1H. The number of nitrogens with zero attached hydrogens (tertiary/aromatic N) is 4. The Morgan fingerprint density at radius 3 is 2.66 bits per heavy atom. The van der Waals surface area contributed by atoms with Crippen LogP contribution >= 0.6 is 35.3 Å². The number of nitrogens with one attached hydrogen (secondary N) is 1. The van der Waals surface area contributed by atoms with Gasteiger partial charge in [-0.1, -0.05) is 0 Å². The first-order valence-corrected chi connectivity index (χ1v) is 11.0. The lowest BCUT2D eigenvalue weighted by atomic mass is 10.1. The molecule has 1 aliphatic heterocycles. The normalized spacial score (nSPS) is 13.4. The van der Waals surface area contributed by atoms with Crippen LogP contribution in [0, 0.1) is 0 Å². The minimum atomic E-state index is 0. The highest BCUT2D eigenvalue weighted by Crippen LogP contribution is 2.24. The number of amides is 2. The summed E-state index contributed by atoms with van der Waals surface area (Å²) in [6, 6.07) is 2.11. The van der Waals surface area contributed by atoms with Gasteiger partial charge in [-0.05, 0) is 44.2 Å². The van der Waals surface area contributed by atoms with Crippen LogP contribution in [-0.4, -0.2) is 78.8 Å². The lowest BCUT2D eigenvalue weighted by Crippen LogP contribution is -2.45. The third-order valence-corrected chi connectivity index (χ3v) is 5.96. The predicted molar refractivity (Wildman–Crippen MR) is 130 cm³/mol. The van der Waals surface area contributed by atoms with Gasteiger partial charge in [0.2, 0.25) is 11.8 Å². The van der Waals surface area contributed by atoms with Crippen LogP contribution in [0.1, 0.15) is 37.6 Å². The predicted octanol–water partition coefficient (Wildman–Crippen LogP) is 2.41. The van der Waals surface area contributed by atoms with E-state index >= 15 is 0 Å². The Balaban J connectivity index is 0.00000420. The average molecular weight is 535 g/mol. The van der Waals surface area contributed by atoms with Gasteiger partial charge in [-0.3, -0.25) is 14.6 Å². The van der Waals surface area contributed by atoms with Gasteiger partial charge in [0.05, 0.1) is 13.1 Å². The lowest BCUT2D eigenvalue weighted by Gasteiger charge is -2.27. The fraction of sp³-hybridized carbons (Fsp3) is 0.650.